The van der Waals surface area contributed by atoms with Crippen molar-refractivity contribution in [3.8, 4) is 5.75 Å². The third-order valence-electron chi connectivity index (χ3n) is 2.94. The molecule has 1 rings (SSSR count). The average molecular weight is 267 g/mol. The van der Waals surface area contributed by atoms with Gasteiger partial charge in [0.1, 0.15) is 5.75 Å². The van der Waals surface area contributed by atoms with Gasteiger partial charge in [-0.1, -0.05) is 39.0 Å². The van der Waals surface area contributed by atoms with Crippen LogP contribution in [0, 0.1) is 0 Å². The Balaban J connectivity index is 2.22. The van der Waals surface area contributed by atoms with E-state index in [-0.39, 0.29) is 0 Å². The summed E-state index contributed by atoms with van der Waals surface area (Å²) >= 11 is 1.86. The summed E-state index contributed by atoms with van der Waals surface area (Å²) in [7, 11) is 1.70. The molecule has 18 heavy (non-hydrogen) atoms. The molecule has 0 aliphatic rings. The highest BCUT2D eigenvalue weighted by Crippen LogP contribution is 2.31. The topological polar surface area (TPSA) is 35.2 Å². The number of methoxy groups -OCH3 is 1. The molecule has 0 amide bonds. The number of nitrogen functional groups attached to an aromatic ring is 1. The van der Waals surface area contributed by atoms with Crippen molar-refractivity contribution in [3.05, 3.63) is 18.2 Å². The quantitative estimate of drug-likeness (QED) is 0.399. The van der Waals surface area contributed by atoms with Crippen molar-refractivity contribution < 1.29 is 4.74 Å². The first kappa shape index (κ1) is 15.2. The monoisotopic (exact) mass is 267 g/mol. The van der Waals surface area contributed by atoms with Crippen molar-refractivity contribution in [2.75, 3.05) is 18.6 Å². The third kappa shape index (κ3) is 5.67. The molecule has 1 aromatic carbocycles. The second kappa shape index (κ2) is 9.15. The van der Waals surface area contributed by atoms with Crippen LogP contribution in [0.5, 0.6) is 5.75 Å². The number of hydrogen-bond donors (Lipinski definition) is 1. The van der Waals surface area contributed by atoms with Gasteiger partial charge in [-0.2, -0.15) is 0 Å². The second-order valence-electron chi connectivity index (χ2n) is 4.53. The normalized spacial score (nSPS) is 10.6. The van der Waals surface area contributed by atoms with Gasteiger partial charge in [0.25, 0.3) is 0 Å². The molecular formula is C15H25NOS. The van der Waals surface area contributed by atoms with E-state index >= 15 is 0 Å². The van der Waals surface area contributed by atoms with Crippen molar-refractivity contribution in [1.82, 2.24) is 0 Å². The lowest BCUT2D eigenvalue weighted by molar-refractivity contribution is 0.405. The molecule has 0 saturated carbocycles. The average Bonchev–Trinajstić information content (AvgIpc) is 2.39. The minimum absolute atomic E-state index is 0.760. The van der Waals surface area contributed by atoms with E-state index in [4.69, 9.17) is 10.5 Å². The van der Waals surface area contributed by atoms with Crippen molar-refractivity contribution in [1.29, 1.82) is 0 Å². The highest BCUT2D eigenvalue weighted by Gasteiger charge is 2.03. The van der Waals surface area contributed by atoms with E-state index < -0.39 is 0 Å². The maximum atomic E-state index is 5.74. The summed E-state index contributed by atoms with van der Waals surface area (Å²) in [6.45, 7) is 2.25. The van der Waals surface area contributed by atoms with E-state index in [1.165, 1.54) is 43.4 Å². The van der Waals surface area contributed by atoms with Crippen LogP contribution in [0.15, 0.2) is 23.1 Å². The zero-order chi connectivity index (χ0) is 13.2. The zero-order valence-electron chi connectivity index (χ0n) is 11.6. The molecule has 0 saturated heterocycles. The molecule has 0 aromatic heterocycles. The first-order valence-electron chi connectivity index (χ1n) is 6.84. The first-order chi connectivity index (χ1) is 8.77. The van der Waals surface area contributed by atoms with E-state index in [1.807, 2.05) is 23.9 Å². The molecule has 0 aliphatic heterocycles. The fourth-order valence-electron chi connectivity index (χ4n) is 1.87. The summed E-state index contributed by atoms with van der Waals surface area (Å²) in [4.78, 5) is 1.19. The molecule has 0 spiro atoms. The molecule has 0 heterocycles. The number of anilines is 1. The molecule has 3 heteroatoms. The molecule has 0 unspecified atom stereocenters. The number of hydrogen-bond acceptors (Lipinski definition) is 3. The van der Waals surface area contributed by atoms with Crippen LogP contribution in [0.3, 0.4) is 0 Å². The van der Waals surface area contributed by atoms with Crippen molar-refractivity contribution >= 4 is 17.4 Å². The standard InChI is InChI=1S/C15H25NOS/c1-3-4-5-6-7-8-11-18-15-10-9-13(16)12-14(15)17-2/h9-10,12H,3-8,11,16H2,1-2H3. The predicted octanol–water partition coefficient (Wildman–Crippen LogP) is 4.73. The minimum atomic E-state index is 0.760. The van der Waals surface area contributed by atoms with E-state index in [0.717, 1.165) is 17.2 Å². The summed E-state index contributed by atoms with van der Waals surface area (Å²) in [6.07, 6.45) is 8.06. The summed E-state index contributed by atoms with van der Waals surface area (Å²) in [5.74, 6) is 2.05. The van der Waals surface area contributed by atoms with Gasteiger partial charge in [0.2, 0.25) is 0 Å². The smallest absolute Gasteiger partial charge is 0.134 e. The maximum Gasteiger partial charge on any atom is 0.134 e. The number of benzene rings is 1. The number of rotatable bonds is 9. The Morgan fingerprint density at radius 3 is 2.56 bits per heavy atom. The van der Waals surface area contributed by atoms with Gasteiger partial charge < -0.3 is 10.5 Å². The van der Waals surface area contributed by atoms with Gasteiger partial charge in [-0.3, -0.25) is 0 Å². The molecule has 2 N–H and O–H groups in total. The molecule has 0 radical (unpaired) electrons. The van der Waals surface area contributed by atoms with Crippen molar-refractivity contribution in [3.63, 3.8) is 0 Å². The van der Waals surface area contributed by atoms with Gasteiger partial charge >= 0.3 is 0 Å². The second-order valence-corrected chi connectivity index (χ2v) is 5.66. The first-order valence-corrected chi connectivity index (χ1v) is 7.82. The highest BCUT2D eigenvalue weighted by molar-refractivity contribution is 7.99. The van der Waals surface area contributed by atoms with Gasteiger partial charge in [-0.25, -0.2) is 0 Å². The van der Waals surface area contributed by atoms with Crippen LogP contribution in [-0.2, 0) is 0 Å². The maximum absolute atomic E-state index is 5.74. The van der Waals surface area contributed by atoms with E-state index in [2.05, 4.69) is 13.0 Å². The Morgan fingerprint density at radius 2 is 1.83 bits per heavy atom. The van der Waals surface area contributed by atoms with Crippen LogP contribution >= 0.6 is 11.8 Å². The summed E-state index contributed by atoms with van der Waals surface area (Å²) < 4.78 is 5.34. The molecule has 1 aromatic rings. The van der Waals surface area contributed by atoms with E-state index in [9.17, 15) is 0 Å². The third-order valence-corrected chi connectivity index (χ3v) is 4.08. The summed E-state index contributed by atoms with van der Waals surface area (Å²) in [5, 5.41) is 0. The highest BCUT2D eigenvalue weighted by atomic mass is 32.2. The number of thioether (sulfide) groups is 1. The SMILES string of the molecule is CCCCCCCCSc1ccc(N)cc1OC. The Bertz CT molecular complexity index is 341. The lowest BCUT2D eigenvalue weighted by Crippen LogP contribution is -1.91. The molecule has 0 fully saturated rings. The molecule has 0 aliphatic carbocycles. The van der Waals surface area contributed by atoms with Gasteiger partial charge in [0.15, 0.2) is 0 Å². The largest absolute Gasteiger partial charge is 0.496 e. The van der Waals surface area contributed by atoms with Gasteiger partial charge in [0, 0.05) is 16.6 Å². The molecule has 0 bridgehead atoms. The molecule has 2 nitrogen and oxygen atoms in total. The van der Waals surface area contributed by atoms with E-state index in [1.54, 1.807) is 7.11 Å². The van der Waals surface area contributed by atoms with E-state index in [0.29, 0.717) is 0 Å². The Kier molecular flexibility index (Phi) is 7.74. The number of nitrogens with two attached hydrogens (primary N) is 1. The van der Waals surface area contributed by atoms with Crippen LogP contribution in [0.2, 0.25) is 0 Å². The molecule has 0 atom stereocenters. The summed E-state index contributed by atoms with van der Waals surface area (Å²) in [6, 6.07) is 5.88. The Hall–Kier alpha value is -0.830. The van der Waals surface area contributed by atoms with Crippen molar-refractivity contribution in [2.45, 2.75) is 50.3 Å². The Morgan fingerprint density at radius 1 is 1.11 bits per heavy atom. The van der Waals surface area contributed by atoms with Gasteiger partial charge in [0.05, 0.1) is 7.11 Å². The van der Waals surface area contributed by atoms with Crippen LogP contribution < -0.4 is 10.5 Å². The number of unbranched alkanes of at least 4 members (excludes halogenated alkanes) is 5. The van der Waals surface area contributed by atoms with Gasteiger partial charge in [-0.15, -0.1) is 11.8 Å². The molecular weight excluding hydrogens is 242 g/mol. The minimum Gasteiger partial charge on any atom is -0.496 e. The number of ether oxygens (including phenoxy) is 1. The van der Waals surface area contributed by atoms with Crippen LogP contribution in [0.25, 0.3) is 0 Å². The Labute approximate surface area is 115 Å². The predicted molar refractivity (Wildman–Crippen MR) is 81.5 cm³/mol. The van der Waals surface area contributed by atoms with Crippen LogP contribution in [0.4, 0.5) is 5.69 Å². The fourth-order valence-corrected chi connectivity index (χ4v) is 2.89. The fraction of sp³-hybridized carbons (Fsp3) is 0.600. The summed E-state index contributed by atoms with van der Waals surface area (Å²) in [5.41, 5.74) is 6.50. The van der Waals surface area contributed by atoms with Gasteiger partial charge in [-0.05, 0) is 24.3 Å². The lowest BCUT2D eigenvalue weighted by atomic mass is 10.1. The van der Waals surface area contributed by atoms with Crippen molar-refractivity contribution in [2.24, 2.45) is 0 Å². The molecule has 102 valence electrons. The van der Waals surface area contributed by atoms with Crippen LogP contribution in [-0.4, -0.2) is 12.9 Å². The van der Waals surface area contributed by atoms with Crippen LogP contribution in [0.1, 0.15) is 45.4 Å². The lowest BCUT2D eigenvalue weighted by Gasteiger charge is -2.08. The zero-order valence-corrected chi connectivity index (χ0v) is 12.4.